The highest BCUT2D eigenvalue weighted by Crippen LogP contribution is 2.48. The molecular weight excluding hydrogens is 773 g/mol. The number of amides is 2. The fourth-order valence-corrected chi connectivity index (χ4v) is 7.90. The van der Waals surface area contributed by atoms with Crippen molar-refractivity contribution in [3.05, 3.63) is 64.5 Å². The molecule has 2 amide bonds. The molecule has 1 aromatic carbocycles. The summed E-state index contributed by atoms with van der Waals surface area (Å²) in [6.45, 7) is -1.69. The molecule has 1 fully saturated rings. The monoisotopic (exact) mass is 796 g/mol. The average molecular weight is 797 g/mol. The quantitative estimate of drug-likeness (QED) is 0.168. The van der Waals surface area contributed by atoms with E-state index >= 15 is 0 Å². The zero-order chi connectivity index (χ0) is 38.5. The fraction of sp³-hybridized carbons (Fsp3) is 0.276. The number of hydrogen-bond acceptors (Lipinski definition) is 16. The van der Waals surface area contributed by atoms with Crippen molar-refractivity contribution < 1.29 is 70.9 Å². The molecule has 3 aliphatic rings. The fourth-order valence-electron chi connectivity index (χ4n) is 5.41. The molecule has 2 aromatic heterocycles. The Labute approximate surface area is 301 Å². The lowest BCUT2D eigenvalue weighted by atomic mass is 10.2. The average Bonchev–Trinajstić information content (AvgIpc) is 3.86. The van der Waals surface area contributed by atoms with Crippen LogP contribution in [0, 0.1) is 10.1 Å². The topological polar surface area (TPSA) is 292 Å². The van der Waals surface area contributed by atoms with Crippen LogP contribution >= 0.6 is 23.1 Å². The van der Waals surface area contributed by atoms with Gasteiger partial charge in [0.15, 0.2) is 17.2 Å². The van der Waals surface area contributed by atoms with Gasteiger partial charge in [-0.1, -0.05) is 0 Å². The number of anilines is 1. The molecule has 0 aliphatic carbocycles. The number of oxazole rings is 1. The second-order valence-corrected chi connectivity index (χ2v) is 14.8. The number of rotatable bonds is 11. The Morgan fingerprint density at radius 1 is 0.887 bits per heavy atom. The molecule has 280 valence electrons. The van der Waals surface area contributed by atoms with Gasteiger partial charge in [0.25, 0.3) is 32.4 Å². The van der Waals surface area contributed by atoms with Crippen LogP contribution in [0.25, 0.3) is 11.0 Å². The van der Waals surface area contributed by atoms with E-state index in [2.05, 4.69) is 0 Å². The number of carboxylic acids is 3. The summed E-state index contributed by atoms with van der Waals surface area (Å²) >= 11 is 0.742. The van der Waals surface area contributed by atoms with Crippen molar-refractivity contribution in [1.29, 1.82) is 0 Å². The zero-order valence-corrected chi connectivity index (χ0v) is 29.2. The SMILES string of the molecule is CC(/C=c1\s/c(=c2/o/c(=C3/SC(=O)N(CC(=O)O)C3=O)n(CC(=O)O)c2=O)n(CC(=O)O)c1=O)=C1\Oc2cc3c(cc2N1CCCS(=O)(=O)O)OCO3. The minimum Gasteiger partial charge on any atom is -0.480 e. The molecule has 0 unspecified atom stereocenters. The first-order valence-corrected chi connectivity index (χ1v) is 18.1. The maximum atomic E-state index is 13.7. The normalized spacial score (nSPS) is 18.1. The predicted molar refractivity (Wildman–Crippen MR) is 178 cm³/mol. The van der Waals surface area contributed by atoms with Gasteiger partial charge in [-0.3, -0.25) is 52.1 Å². The van der Waals surface area contributed by atoms with E-state index in [-0.39, 0.29) is 53.3 Å². The number of thiazole rings is 1. The first-order valence-electron chi connectivity index (χ1n) is 14.9. The lowest BCUT2D eigenvalue weighted by Crippen LogP contribution is -2.36. The summed E-state index contributed by atoms with van der Waals surface area (Å²) in [6.07, 6.45) is 1.23. The van der Waals surface area contributed by atoms with Gasteiger partial charge >= 0.3 is 17.9 Å². The van der Waals surface area contributed by atoms with Crippen LogP contribution in [0.3, 0.4) is 0 Å². The third-order valence-corrected chi connectivity index (χ3v) is 10.4. The van der Waals surface area contributed by atoms with Crippen molar-refractivity contribution in [3.63, 3.8) is 0 Å². The molecule has 1 saturated heterocycles. The van der Waals surface area contributed by atoms with E-state index in [1.807, 2.05) is 0 Å². The summed E-state index contributed by atoms with van der Waals surface area (Å²) in [4.78, 5) is 88.8. The smallest absolute Gasteiger partial charge is 0.323 e. The Kier molecular flexibility index (Phi) is 9.71. The van der Waals surface area contributed by atoms with E-state index in [9.17, 15) is 56.7 Å². The molecule has 0 radical (unpaired) electrons. The molecule has 5 heterocycles. The standard InChI is InChI=1S/C29H24N4O17S3/c1-12(26-30(3-2-4-53(44,45)46)13-6-15-16(48-11-47-15)7-14(13)49-26)5-17-23(40)32(9-19(36)37)28(51-17)21-24(41)31(8-18(34)35)27(50-21)22-25(42)33(10-20(38)39)29(43)52-22/h5-7H,2-4,8-11H2,1H3,(H,34,35)(H,36,37)(H,38,39)(H,44,45,46)/b17-5-,26-12+,27-22+,28-21+. The predicted octanol–water partition coefficient (Wildman–Crippen LogP) is -1.07. The van der Waals surface area contributed by atoms with Crippen molar-refractivity contribution in [2.75, 3.05) is 30.5 Å². The Morgan fingerprint density at radius 3 is 2.17 bits per heavy atom. The highest BCUT2D eigenvalue weighted by molar-refractivity contribution is 8.22. The van der Waals surface area contributed by atoms with Gasteiger partial charge in [0.1, 0.15) is 29.2 Å². The zero-order valence-electron chi connectivity index (χ0n) is 26.8. The Morgan fingerprint density at radius 2 is 1.53 bits per heavy atom. The molecule has 0 spiro atoms. The summed E-state index contributed by atoms with van der Waals surface area (Å²) in [5.41, 5.74) is -2.98. The molecule has 0 saturated carbocycles. The van der Waals surface area contributed by atoms with Crippen LogP contribution in [0.15, 0.2) is 37.6 Å². The Balaban J connectivity index is 1.57. The van der Waals surface area contributed by atoms with Gasteiger partial charge in [0.2, 0.25) is 23.6 Å². The minimum atomic E-state index is -4.32. The van der Waals surface area contributed by atoms with Gasteiger partial charge in [-0.05, 0) is 31.2 Å². The van der Waals surface area contributed by atoms with Gasteiger partial charge in [-0.15, -0.1) is 11.3 Å². The van der Waals surface area contributed by atoms with E-state index in [4.69, 9.17) is 23.7 Å². The third-order valence-electron chi connectivity index (χ3n) is 7.57. The number of carbonyl (C=O) groups excluding carboxylic acids is 2. The van der Waals surface area contributed by atoms with Crippen LogP contribution in [0.4, 0.5) is 10.5 Å². The van der Waals surface area contributed by atoms with Crippen molar-refractivity contribution >= 4 is 78.9 Å². The third kappa shape index (κ3) is 7.28. The van der Waals surface area contributed by atoms with Crippen molar-refractivity contribution in [3.8, 4) is 17.2 Å². The Bertz CT molecular complexity index is 2630. The Hall–Kier alpha value is -5.85. The van der Waals surface area contributed by atoms with Gasteiger partial charge in [-0.25, -0.2) is 0 Å². The molecule has 6 rings (SSSR count). The number of carbonyl (C=O) groups is 5. The first-order chi connectivity index (χ1) is 24.9. The molecule has 0 atom stereocenters. The number of allylic oxidation sites excluding steroid dienone is 1. The molecule has 53 heavy (non-hydrogen) atoms. The van der Waals surface area contributed by atoms with Crippen LogP contribution in [-0.2, 0) is 42.4 Å². The van der Waals surface area contributed by atoms with Crippen LogP contribution in [0.2, 0.25) is 0 Å². The van der Waals surface area contributed by atoms with Crippen molar-refractivity contribution in [1.82, 2.24) is 14.0 Å². The lowest BCUT2D eigenvalue weighted by molar-refractivity contribution is -0.140. The van der Waals surface area contributed by atoms with E-state index in [0.29, 0.717) is 42.6 Å². The second kappa shape index (κ2) is 13.9. The van der Waals surface area contributed by atoms with E-state index < -0.39 is 96.2 Å². The van der Waals surface area contributed by atoms with Gasteiger partial charge < -0.3 is 38.8 Å². The number of carboxylic acid groups (broad SMARTS) is 3. The van der Waals surface area contributed by atoms with E-state index in [1.54, 1.807) is 11.0 Å². The van der Waals surface area contributed by atoms with Crippen molar-refractivity contribution in [2.45, 2.75) is 26.4 Å². The van der Waals surface area contributed by atoms with Crippen LogP contribution in [-0.4, -0.2) is 97.0 Å². The number of nitrogens with zero attached hydrogens (tertiary/aromatic N) is 4. The van der Waals surface area contributed by atoms with Crippen LogP contribution in [0.1, 0.15) is 13.3 Å². The summed E-state index contributed by atoms with van der Waals surface area (Å²) in [5.74, 6) is -5.32. The highest BCUT2D eigenvalue weighted by atomic mass is 32.2. The summed E-state index contributed by atoms with van der Waals surface area (Å²) < 4.78 is 55.3. The summed E-state index contributed by atoms with van der Waals surface area (Å²) in [5, 5.41) is 27.2. The number of thioether (sulfide) groups is 1. The maximum Gasteiger partial charge on any atom is 0.323 e. The van der Waals surface area contributed by atoms with Gasteiger partial charge in [0, 0.05) is 24.3 Å². The molecule has 4 N–H and O–H groups in total. The minimum absolute atomic E-state index is 0.00780. The molecule has 3 aromatic rings. The molecule has 21 nitrogen and oxygen atoms in total. The molecular formula is C29H24N4O17S3. The van der Waals surface area contributed by atoms with E-state index in [0.717, 1.165) is 0 Å². The van der Waals surface area contributed by atoms with Crippen LogP contribution < -0.4 is 40.3 Å². The summed E-state index contributed by atoms with van der Waals surface area (Å²) in [7, 11) is -4.32. The number of benzene rings is 1. The first kappa shape index (κ1) is 36.9. The molecule has 3 aliphatic heterocycles. The highest BCUT2D eigenvalue weighted by Gasteiger charge is 2.39. The molecule has 24 heteroatoms. The number of aromatic nitrogens is 2. The lowest BCUT2D eigenvalue weighted by Gasteiger charge is -2.19. The number of aliphatic carboxylic acids is 3. The van der Waals surface area contributed by atoms with Crippen LogP contribution in [0.5, 0.6) is 17.2 Å². The largest absolute Gasteiger partial charge is 0.480 e. The van der Waals surface area contributed by atoms with Gasteiger partial charge in [-0.2, -0.15) is 8.42 Å². The maximum absolute atomic E-state index is 13.7. The van der Waals surface area contributed by atoms with E-state index in [1.165, 1.54) is 19.1 Å². The summed E-state index contributed by atoms with van der Waals surface area (Å²) in [6, 6.07) is 3.12. The van der Waals surface area contributed by atoms with Crippen molar-refractivity contribution in [2.24, 2.45) is 0 Å². The number of hydrogen-bond donors (Lipinski definition) is 4. The molecule has 0 bridgehead atoms. The van der Waals surface area contributed by atoms with Gasteiger partial charge in [0.05, 0.1) is 16.0 Å². The number of fused-ring (bicyclic) bond motifs is 2. The number of ether oxygens (including phenoxy) is 3. The second-order valence-electron chi connectivity index (χ2n) is 11.3. The number of imide groups is 1.